The zero-order valence-electron chi connectivity index (χ0n) is 28.4. The number of nitrogens with two attached hydrogens (primary N) is 2. The minimum atomic E-state index is -5.39. The molecule has 2 saturated heterocycles. The average molecular weight is 763 g/mol. The first-order chi connectivity index (χ1) is 24.4. The third kappa shape index (κ3) is 7.46. The zero-order valence-corrected chi connectivity index (χ0v) is 29.1. The number of hydrogen-bond acceptors (Lipinski definition) is 10. The quantitative estimate of drug-likeness (QED) is 0.227. The molecule has 3 atom stereocenters. The van der Waals surface area contributed by atoms with E-state index in [1.807, 2.05) is 4.90 Å². The summed E-state index contributed by atoms with van der Waals surface area (Å²) in [4.78, 5) is 31.4. The lowest BCUT2D eigenvalue weighted by atomic mass is 9.91. The predicted octanol–water partition coefficient (Wildman–Crippen LogP) is 5.01. The molecule has 1 unspecified atom stereocenters. The van der Waals surface area contributed by atoms with Crippen molar-refractivity contribution in [2.45, 2.75) is 68.9 Å². The third-order valence-electron chi connectivity index (χ3n) is 9.87. The van der Waals surface area contributed by atoms with E-state index in [0.717, 1.165) is 12.5 Å². The molecule has 1 aromatic heterocycles. The summed E-state index contributed by atoms with van der Waals surface area (Å²) in [5, 5.41) is -0.0643. The maximum atomic E-state index is 14.5. The average Bonchev–Trinajstić information content (AvgIpc) is 3.48. The van der Waals surface area contributed by atoms with Gasteiger partial charge in [-0.25, -0.2) is 4.39 Å². The molecule has 0 radical (unpaired) electrons. The molecule has 0 saturated carbocycles. The Bertz CT molecular complexity index is 1790. The highest BCUT2D eigenvalue weighted by Gasteiger charge is 2.50. The zero-order chi connectivity index (χ0) is 37.7. The van der Waals surface area contributed by atoms with Crippen LogP contribution in [0, 0.1) is 0 Å². The van der Waals surface area contributed by atoms with E-state index in [0.29, 0.717) is 38.0 Å². The predicted molar refractivity (Wildman–Crippen MR) is 178 cm³/mol. The molecule has 0 spiro atoms. The summed E-state index contributed by atoms with van der Waals surface area (Å²) in [6, 6.07) is 0.937. The number of likely N-dealkylation sites (N-methyl/N-ethyl adjacent to an activating group) is 1. The number of nitrogens with zero attached hydrogens (tertiary/aromatic N) is 6. The van der Waals surface area contributed by atoms with Crippen LogP contribution in [0.25, 0.3) is 0 Å². The number of rotatable bonds is 7. The van der Waals surface area contributed by atoms with Crippen LogP contribution >= 0.6 is 11.6 Å². The molecule has 4 aliphatic rings. The maximum absolute atomic E-state index is 14.5. The van der Waals surface area contributed by atoms with Crippen LogP contribution in [0.4, 0.5) is 42.2 Å². The fourth-order valence-electron chi connectivity index (χ4n) is 7.48. The van der Waals surface area contributed by atoms with Gasteiger partial charge in [-0.15, -0.1) is 0 Å². The highest BCUT2D eigenvalue weighted by atomic mass is 35.5. The van der Waals surface area contributed by atoms with Crippen LogP contribution in [0.1, 0.15) is 59.7 Å². The minimum absolute atomic E-state index is 0.0101. The summed E-state index contributed by atoms with van der Waals surface area (Å²) in [7, 11) is 3.02. The Labute approximate surface area is 299 Å². The molecule has 284 valence electrons. The second-order valence-electron chi connectivity index (χ2n) is 13.7. The summed E-state index contributed by atoms with van der Waals surface area (Å²) in [6.07, 6.45) is -11.4. The second kappa shape index (κ2) is 14.2. The fourth-order valence-corrected chi connectivity index (χ4v) is 7.68. The molecule has 4 N–H and O–H groups in total. The highest BCUT2D eigenvalue weighted by molar-refractivity contribution is 6.45. The fraction of sp³-hybridized carbons (Fsp3) is 0.576. The number of aromatic nitrogens is 2. The van der Waals surface area contributed by atoms with Gasteiger partial charge < -0.3 is 30.7 Å². The van der Waals surface area contributed by atoms with Gasteiger partial charge in [-0.05, 0) is 43.5 Å². The van der Waals surface area contributed by atoms with E-state index in [-0.39, 0.29) is 79.2 Å². The monoisotopic (exact) mass is 762 g/mol. The molecule has 1 amide bonds. The molecule has 6 rings (SSSR count). The van der Waals surface area contributed by atoms with Crippen molar-refractivity contribution in [2.75, 3.05) is 64.1 Å². The summed E-state index contributed by atoms with van der Waals surface area (Å²) in [5.74, 6) is -0.264. The number of amides is 1. The van der Waals surface area contributed by atoms with Crippen LogP contribution in [0.5, 0.6) is 6.01 Å². The number of halogens is 8. The van der Waals surface area contributed by atoms with E-state index in [1.54, 1.807) is 4.90 Å². The first-order valence-electron chi connectivity index (χ1n) is 16.6. The van der Waals surface area contributed by atoms with E-state index in [1.165, 1.54) is 19.0 Å². The molecule has 11 nitrogen and oxygen atoms in total. The first-order valence-corrected chi connectivity index (χ1v) is 17.0. The van der Waals surface area contributed by atoms with E-state index in [2.05, 4.69) is 9.98 Å². The van der Waals surface area contributed by atoms with E-state index < -0.39 is 58.5 Å². The molecule has 0 aliphatic carbocycles. The Morgan fingerprint density at radius 1 is 1.13 bits per heavy atom. The number of carbonyl (C=O) groups excluding carboxylic acids is 1. The number of fused-ring (bicyclic) bond motifs is 2. The van der Waals surface area contributed by atoms with Crippen molar-refractivity contribution in [3.05, 3.63) is 50.8 Å². The number of anilines is 2. The van der Waals surface area contributed by atoms with Crippen molar-refractivity contribution in [3.8, 4) is 6.01 Å². The normalized spacial score (nSPS) is 24.5. The van der Waals surface area contributed by atoms with Crippen molar-refractivity contribution in [2.24, 2.45) is 10.7 Å². The number of aliphatic imine (C=N–C) groups is 1. The van der Waals surface area contributed by atoms with Gasteiger partial charge in [0.2, 0.25) is 0 Å². The third-order valence-corrected chi connectivity index (χ3v) is 10.3. The maximum Gasteiger partial charge on any atom is 0.417 e. The van der Waals surface area contributed by atoms with Crippen molar-refractivity contribution in [1.29, 1.82) is 0 Å². The van der Waals surface area contributed by atoms with E-state index in [9.17, 15) is 35.5 Å². The molecule has 2 aromatic rings. The lowest BCUT2D eigenvalue weighted by molar-refractivity contribution is -0.163. The summed E-state index contributed by atoms with van der Waals surface area (Å²) in [5.41, 5.74) is 6.69. The Balaban J connectivity index is 1.40. The lowest BCUT2D eigenvalue weighted by Gasteiger charge is -2.33. The summed E-state index contributed by atoms with van der Waals surface area (Å²) < 4.78 is 111. The topological polar surface area (TPSA) is 135 Å². The standard InChI is InChI=1S/C33H38ClF7N8O3/c1-47(2)29(50)27(43)26(34)23-14-48(7-4-6-44-23)28-20-15-51-24(19-9-18(42)10-21(32(36,37)38)25(19)33(39,40)41)11-22(20)45-30(46-28)52-16-31-5-3-8-49(31)13-17(35)12-31/h9-10,17,24H,3-8,11-16,42-43H2,1-2H3/b27-26+/t17-,24?,31+/m1/s1. The van der Waals surface area contributed by atoms with Crippen molar-refractivity contribution in [1.82, 2.24) is 19.8 Å². The minimum Gasteiger partial charge on any atom is -0.461 e. The Hall–Kier alpha value is -3.90. The van der Waals surface area contributed by atoms with Crippen LogP contribution in [-0.4, -0.2) is 96.5 Å². The van der Waals surface area contributed by atoms with Crippen LogP contribution in [0.15, 0.2) is 27.9 Å². The number of nitrogen functional groups attached to an aromatic ring is 1. The van der Waals surface area contributed by atoms with Crippen LogP contribution in [0.3, 0.4) is 0 Å². The van der Waals surface area contributed by atoms with Gasteiger partial charge in [-0.2, -0.15) is 36.3 Å². The van der Waals surface area contributed by atoms with Crippen molar-refractivity contribution >= 4 is 34.7 Å². The highest BCUT2D eigenvalue weighted by Crippen LogP contribution is 2.47. The van der Waals surface area contributed by atoms with Gasteiger partial charge in [-0.3, -0.25) is 14.7 Å². The molecule has 4 aliphatic heterocycles. The molecule has 1 aromatic carbocycles. The van der Waals surface area contributed by atoms with Crippen molar-refractivity contribution < 1.29 is 45.0 Å². The Morgan fingerprint density at radius 3 is 2.58 bits per heavy atom. The van der Waals surface area contributed by atoms with Gasteiger partial charge in [0.1, 0.15) is 24.3 Å². The summed E-state index contributed by atoms with van der Waals surface area (Å²) >= 11 is 6.58. The summed E-state index contributed by atoms with van der Waals surface area (Å²) in [6.45, 7) is 1.32. The molecular formula is C33H38ClF7N8O3. The van der Waals surface area contributed by atoms with Crippen LogP contribution in [-0.2, 0) is 34.9 Å². The van der Waals surface area contributed by atoms with Gasteiger partial charge in [-0.1, -0.05) is 11.6 Å². The number of ether oxygens (including phenoxy) is 2. The molecule has 5 heterocycles. The molecule has 19 heteroatoms. The second-order valence-corrected chi connectivity index (χ2v) is 14.1. The first kappa shape index (κ1) is 37.8. The van der Waals surface area contributed by atoms with E-state index >= 15 is 0 Å². The number of alkyl halides is 7. The van der Waals surface area contributed by atoms with Gasteiger partial charge in [0, 0.05) is 57.8 Å². The van der Waals surface area contributed by atoms with Gasteiger partial charge >= 0.3 is 18.4 Å². The Morgan fingerprint density at radius 2 is 1.88 bits per heavy atom. The van der Waals surface area contributed by atoms with Gasteiger partial charge in [0.05, 0.1) is 52.4 Å². The molecular weight excluding hydrogens is 725 g/mol. The lowest BCUT2D eigenvalue weighted by Crippen LogP contribution is -2.43. The van der Waals surface area contributed by atoms with Gasteiger partial charge in [0.15, 0.2) is 0 Å². The largest absolute Gasteiger partial charge is 0.461 e. The number of carbonyl (C=O) groups is 1. The molecule has 0 bridgehead atoms. The Kier molecular flexibility index (Phi) is 10.3. The number of benzene rings is 1. The molecule has 52 heavy (non-hydrogen) atoms. The van der Waals surface area contributed by atoms with E-state index in [4.69, 9.17) is 37.5 Å². The van der Waals surface area contributed by atoms with Crippen LogP contribution < -0.4 is 21.1 Å². The molecule has 2 fully saturated rings. The SMILES string of the molecule is CN(C)C(=O)/C(N)=C(\Cl)C1=NCCCN(c2nc(OC[C@@]34CCCN3C[C@H](F)C4)nc3c2COC(c2cc(N)cc(C(F)(F)F)c2C(F)(F)F)C3)C1. The number of hydrogen-bond donors (Lipinski definition) is 2. The van der Waals surface area contributed by atoms with Crippen LogP contribution in [0.2, 0.25) is 0 Å². The van der Waals surface area contributed by atoms with Crippen molar-refractivity contribution in [3.63, 3.8) is 0 Å². The van der Waals surface area contributed by atoms with Gasteiger partial charge in [0.25, 0.3) is 5.91 Å². The smallest absolute Gasteiger partial charge is 0.417 e.